The van der Waals surface area contributed by atoms with Crippen LogP contribution in [0.15, 0.2) is 4.99 Å². The lowest BCUT2D eigenvalue weighted by Gasteiger charge is -2.19. The molecule has 0 rings (SSSR count). The molecule has 0 bridgehead atoms. The third kappa shape index (κ3) is 9.21. The first-order valence-corrected chi connectivity index (χ1v) is 5.74. The number of hydrogen-bond acceptors (Lipinski definition) is 2. The Morgan fingerprint density at radius 1 is 1.38 bits per heavy atom. The van der Waals surface area contributed by atoms with E-state index < -0.39 is 0 Å². The number of hydrogen-bond donors (Lipinski definition) is 2. The Hall–Kier alpha value is -0.0400. The predicted octanol–water partition coefficient (Wildman–Crippen LogP) is 1.65. The Kier molecular flexibility index (Phi) is 11.6. The van der Waals surface area contributed by atoms with Gasteiger partial charge < -0.3 is 16.0 Å². The molecule has 0 aromatic carbocycles. The van der Waals surface area contributed by atoms with E-state index in [-0.39, 0.29) is 24.0 Å². The van der Waals surface area contributed by atoms with Crippen molar-refractivity contribution in [1.29, 1.82) is 0 Å². The lowest BCUT2D eigenvalue weighted by atomic mass is 10.3. The van der Waals surface area contributed by atoms with Gasteiger partial charge in [-0.1, -0.05) is 6.92 Å². The second kappa shape index (κ2) is 10.1. The number of likely N-dealkylation sites (N-methyl/N-ethyl adjacent to an activating group) is 1. The fourth-order valence-electron chi connectivity index (χ4n) is 0.987. The largest absolute Gasteiger partial charge is 0.370 e. The van der Waals surface area contributed by atoms with Gasteiger partial charge in [0.25, 0.3) is 0 Å². The van der Waals surface area contributed by atoms with Crippen molar-refractivity contribution in [2.24, 2.45) is 10.7 Å². The standard InChI is InChI=1S/C11H26N4.HI/c1-6-10(4)14-11(12)13-7-8-15(5)9(2)3;/h9-10H,6-8H2,1-5H3,(H3,12,13,14);1H. The number of guanidine groups is 1. The van der Waals surface area contributed by atoms with Gasteiger partial charge in [0.1, 0.15) is 0 Å². The summed E-state index contributed by atoms with van der Waals surface area (Å²) in [5.41, 5.74) is 5.73. The van der Waals surface area contributed by atoms with E-state index >= 15 is 0 Å². The molecule has 0 spiro atoms. The molecule has 0 heterocycles. The number of rotatable bonds is 6. The molecule has 0 saturated heterocycles. The maximum Gasteiger partial charge on any atom is 0.188 e. The molecule has 0 aliphatic heterocycles. The van der Waals surface area contributed by atoms with Crippen molar-refractivity contribution in [3.8, 4) is 0 Å². The fraction of sp³-hybridized carbons (Fsp3) is 0.909. The molecular weight excluding hydrogens is 315 g/mol. The van der Waals surface area contributed by atoms with Crippen LogP contribution < -0.4 is 11.1 Å². The predicted molar refractivity (Wildman–Crippen MR) is 82.6 cm³/mol. The highest BCUT2D eigenvalue weighted by atomic mass is 127. The minimum atomic E-state index is 0. The zero-order valence-corrected chi connectivity index (χ0v) is 13.5. The minimum Gasteiger partial charge on any atom is -0.370 e. The molecular formula is C11H27IN4. The number of nitrogens with one attached hydrogen (secondary N) is 1. The quantitative estimate of drug-likeness (QED) is 0.438. The molecule has 0 fully saturated rings. The molecule has 0 aromatic rings. The van der Waals surface area contributed by atoms with Crippen LogP contribution in [0.25, 0.3) is 0 Å². The lowest BCUT2D eigenvalue weighted by Crippen LogP contribution is -2.38. The van der Waals surface area contributed by atoms with E-state index in [0.29, 0.717) is 18.0 Å². The highest BCUT2D eigenvalue weighted by Crippen LogP contribution is 1.92. The Morgan fingerprint density at radius 2 is 1.94 bits per heavy atom. The summed E-state index contributed by atoms with van der Waals surface area (Å²) in [6.45, 7) is 10.3. The van der Waals surface area contributed by atoms with E-state index in [4.69, 9.17) is 5.73 Å². The van der Waals surface area contributed by atoms with Gasteiger partial charge in [0.15, 0.2) is 5.96 Å². The molecule has 5 heteroatoms. The number of halogens is 1. The number of aliphatic imine (C=N–C) groups is 1. The zero-order chi connectivity index (χ0) is 11.8. The van der Waals surface area contributed by atoms with E-state index in [2.05, 4.69) is 50.0 Å². The summed E-state index contributed by atoms with van der Waals surface area (Å²) in [7, 11) is 2.10. The van der Waals surface area contributed by atoms with E-state index in [0.717, 1.165) is 19.5 Å². The third-order valence-electron chi connectivity index (χ3n) is 2.62. The monoisotopic (exact) mass is 342 g/mol. The number of nitrogens with zero attached hydrogens (tertiary/aromatic N) is 2. The summed E-state index contributed by atoms with van der Waals surface area (Å²) >= 11 is 0. The molecule has 0 amide bonds. The highest BCUT2D eigenvalue weighted by molar-refractivity contribution is 14.0. The van der Waals surface area contributed by atoms with Gasteiger partial charge in [0, 0.05) is 18.6 Å². The Bertz CT molecular complexity index is 194. The van der Waals surface area contributed by atoms with E-state index in [1.807, 2.05) is 0 Å². The second-order valence-electron chi connectivity index (χ2n) is 4.29. The molecule has 0 saturated carbocycles. The van der Waals surface area contributed by atoms with Crippen LogP contribution in [-0.2, 0) is 0 Å². The first kappa shape index (κ1) is 18.3. The molecule has 1 unspecified atom stereocenters. The van der Waals surface area contributed by atoms with Gasteiger partial charge in [-0.2, -0.15) is 0 Å². The molecule has 3 N–H and O–H groups in total. The molecule has 0 aromatic heterocycles. The van der Waals surface area contributed by atoms with Gasteiger partial charge in [-0.3, -0.25) is 4.99 Å². The second-order valence-corrected chi connectivity index (χ2v) is 4.29. The molecule has 1 atom stereocenters. The maximum absolute atomic E-state index is 5.73. The Balaban J connectivity index is 0. The molecule has 0 aliphatic carbocycles. The zero-order valence-electron chi connectivity index (χ0n) is 11.2. The van der Waals surface area contributed by atoms with Crippen molar-refractivity contribution in [3.63, 3.8) is 0 Å². The topological polar surface area (TPSA) is 53.6 Å². The Morgan fingerprint density at radius 3 is 2.38 bits per heavy atom. The van der Waals surface area contributed by atoms with Crippen LogP contribution in [0.4, 0.5) is 0 Å². The molecule has 4 nitrogen and oxygen atoms in total. The summed E-state index contributed by atoms with van der Waals surface area (Å²) in [6, 6.07) is 0.959. The average Bonchev–Trinajstić information content (AvgIpc) is 2.17. The SMILES string of the molecule is CCC(C)NC(N)=NCCN(C)C(C)C.I. The van der Waals surface area contributed by atoms with Crippen LogP contribution in [0, 0.1) is 0 Å². The minimum absolute atomic E-state index is 0. The van der Waals surface area contributed by atoms with Gasteiger partial charge >= 0.3 is 0 Å². The fourth-order valence-corrected chi connectivity index (χ4v) is 0.987. The van der Waals surface area contributed by atoms with Crippen LogP contribution >= 0.6 is 24.0 Å². The molecule has 98 valence electrons. The maximum atomic E-state index is 5.73. The van der Waals surface area contributed by atoms with E-state index in [9.17, 15) is 0 Å². The summed E-state index contributed by atoms with van der Waals surface area (Å²) in [4.78, 5) is 6.53. The van der Waals surface area contributed by atoms with Gasteiger partial charge in [0.05, 0.1) is 6.54 Å². The van der Waals surface area contributed by atoms with Crippen LogP contribution in [0.5, 0.6) is 0 Å². The Labute approximate surface area is 117 Å². The summed E-state index contributed by atoms with van der Waals surface area (Å²) in [5, 5.41) is 3.14. The van der Waals surface area contributed by atoms with Crippen molar-refractivity contribution in [3.05, 3.63) is 0 Å². The van der Waals surface area contributed by atoms with Gasteiger partial charge in [-0.25, -0.2) is 0 Å². The summed E-state index contributed by atoms with van der Waals surface area (Å²) in [5.74, 6) is 0.557. The third-order valence-corrected chi connectivity index (χ3v) is 2.62. The van der Waals surface area contributed by atoms with Crippen molar-refractivity contribution < 1.29 is 0 Å². The first-order chi connectivity index (χ1) is 6.97. The van der Waals surface area contributed by atoms with E-state index in [1.54, 1.807) is 0 Å². The van der Waals surface area contributed by atoms with Crippen molar-refractivity contribution >= 4 is 29.9 Å². The van der Waals surface area contributed by atoms with Crippen LogP contribution in [0.2, 0.25) is 0 Å². The summed E-state index contributed by atoms with van der Waals surface area (Å²) in [6.07, 6.45) is 1.06. The van der Waals surface area contributed by atoms with Crippen LogP contribution in [0.1, 0.15) is 34.1 Å². The van der Waals surface area contributed by atoms with Gasteiger partial charge in [-0.05, 0) is 34.2 Å². The van der Waals surface area contributed by atoms with Gasteiger partial charge in [-0.15, -0.1) is 24.0 Å². The average molecular weight is 342 g/mol. The van der Waals surface area contributed by atoms with Crippen LogP contribution in [-0.4, -0.2) is 43.1 Å². The molecule has 0 radical (unpaired) electrons. The van der Waals surface area contributed by atoms with E-state index in [1.165, 1.54) is 0 Å². The van der Waals surface area contributed by atoms with Crippen molar-refractivity contribution in [2.45, 2.75) is 46.2 Å². The molecule has 0 aliphatic rings. The van der Waals surface area contributed by atoms with Crippen molar-refractivity contribution in [2.75, 3.05) is 20.1 Å². The first-order valence-electron chi connectivity index (χ1n) is 5.74. The highest BCUT2D eigenvalue weighted by Gasteiger charge is 2.02. The number of nitrogens with two attached hydrogens (primary N) is 1. The van der Waals surface area contributed by atoms with Crippen molar-refractivity contribution in [1.82, 2.24) is 10.2 Å². The lowest BCUT2D eigenvalue weighted by molar-refractivity contribution is 0.282. The van der Waals surface area contributed by atoms with Crippen LogP contribution in [0.3, 0.4) is 0 Å². The van der Waals surface area contributed by atoms with Gasteiger partial charge in [0.2, 0.25) is 0 Å². The normalized spacial score (nSPS) is 13.8. The summed E-state index contributed by atoms with van der Waals surface area (Å²) < 4.78 is 0. The smallest absolute Gasteiger partial charge is 0.188 e. The molecule has 16 heavy (non-hydrogen) atoms.